The first-order valence-corrected chi connectivity index (χ1v) is 7.92. The second-order valence-electron chi connectivity index (χ2n) is 5.23. The first-order valence-electron chi connectivity index (χ1n) is 7.04. The lowest BCUT2D eigenvalue weighted by Gasteiger charge is -2.33. The van der Waals surface area contributed by atoms with E-state index in [1.54, 1.807) is 11.9 Å². The van der Waals surface area contributed by atoms with Crippen LogP contribution in [-0.2, 0) is 11.2 Å². The van der Waals surface area contributed by atoms with E-state index in [2.05, 4.69) is 29.3 Å². The van der Waals surface area contributed by atoms with E-state index in [4.69, 9.17) is 5.26 Å². The van der Waals surface area contributed by atoms with Crippen molar-refractivity contribution in [3.63, 3.8) is 0 Å². The van der Waals surface area contributed by atoms with Gasteiger partial charge in [0, 0.05) is 44.0 Å². The topological polar surface area (TPSA) is 47.3 Å². The van der Waals surface area contributed by atoms with Crippen LogP contribution in [0, 0.1) is 11.3 Å². The van der Waals surface area contributed by atoms with Gasteiger partial charge >= 0.3 is 0 Å². The second kappa shape index (κ2) is 6.87. The van der Waals surface area contributed by atoms with Crippen LogP contribution in [0.2, 0.25) is 0 Å². The van der Waals surface area contributed by atoms with Crippen LogP contribution >= 0.6 is 11.3 Å². The maximum absolute atomic E-state index is 12.0. The Bertz CT molecular complexity index is 505. The number of fused-ring (bicyclic) bond motifs is 1. The molecule has 0 aromatic carbocycles. The number of rotatable bonds is 5. The Morgan fingerprint density at radius 2 is 2.45 bits per heavy atom. The molecule has 0 radical (unpaired) electrons. The third-order valence-corrected chi connectivity index (χ3v) is 5.00. The molecule has 0 saturated heterocycles. The van der Waals surface area contributed by atoms with E-state index in [9.17, 15) is 4.79 Å². The second-order valence-corrected chi connectivity index (χ2v) is 6.24. The molecule has 1 aliphatic rings. The lowest BCUT2D eigenvalue weighted by atomic mass is 10.0. The number of carbonyl (C=O) groups excluding carboxylic acids is 1. The van der Waals surface area contributed by atoms with E-state index >= 15 is 0 Å². The van der Waals surface area contributed by atoms with E-state index in [0.717, 1.165) is 19.5 Å². The summed E-state index contributed by atoms with van der Waals surface area (Å²) in [5, 5.41) is 10.7. The molecule has 4 nitrogen and oxygen atoms in total. The van der Waals surface area contributed by atoms with Gasteiger partial charge in [-0.3, -0.25) is 9.69 Å². The molecule has 0 spiro atoms. The van der Waals surface area contributed by atoms with Crippen molar-refractivity contribution >= 4 is 17.2 Å². The first kappa shape index (κ1) is 15.0. The van der Waals surface area contributed by atoms with Crippen LogP contribution in [0.15, 0.2) is 11.4 Å². The third kappa shape index (κ3) is 3.38. The largest absolute Gasteiger partial charge is 0.345 e. The minimum atomic E-state index is 0.128. The van der Waals surface area contributed by atoms with Crippen molar-refractivity contribution in [3.8, 4) is 6.07 Å². The zero-order valence-electron chi connectivity index (χ0n) is 12.1. The molecule has 1 aromatic rings. The molecule has 0 bridgehead atoms. The highest BCUT2D eigenvalue weighted by atomic mass is 32.1. The first-order chi connectivity index (χ1) is 9.63. The van der Waals surface area contributed by atoms with Gasteiger partial charge in [-0.2, -0.15) is 5.26 Å². The number of amides is 1. The number of carbonyl (C=O) groups is 1. The number of thiophene rings is 1. The summed E-state index contributed by atoms with van der Waals surface area (Å²) in [5.74, 6) is 0.128. The van der Waals surface area contributed by atoms with Crippen LogP contribution in [0.3, 0.4) is 0 Å². The average molecular weight is 291 g/mol. The van der Waals surface area contributed by atoms with Gasteiger partial charge in [0.05, 0.1) is 12.5 Å². The van der Waals surface area contributed by atoms with Gasteiger partial charge in [0.1, 0.15) is 0 Å². The fraction of sp³-hybridized carbons (Fsp3) is 0.600. The molecule has 0 fully saturated rings. The Labute approximate surface area is 124 Å². The highest BCUT2D eigenvalue weighted by Gasteiger charge is 2.25. The Kier molecular flexibility index (Phi) is 5.16. The van der Waals surface area contributed by atoms with Gasteiger partial charge in [-0.05, 0) is 30.4 Å². The standard InChI is InChI=1S/C15H21N3OS/c1-12-13-6-11-20-14(13)4-9-18(12)10-5-15(19)17(2)8-3-7-16/h6,11-12H,3-5,8-10H2,1-2H3. The zero-order chi connectivity index (χ0) is 14.5. The van der Waals surface area contributed by atoms with E-state index in [1.807, 2.05) is 11.3 Å². The van der Waals surface area contributed by atoms with Crippen LogP contribution in [0.4, 0.5) is 0 Å². The molecule has 0 saturated carbocycles. The van der Waals surface area contributed by atoms with Crippen LogP contribution < -0.4 is 0 Å². The minimum absolute atomic E-state index is 0.128. The zero-order valence-corrected chi connectivity index (χ0v) is 12.9. The van der Waals surface area contributed by atoms with Gasteiger partial charge in [-0.15, -0.1) is 11.3 Å². The smallest absolute Gasteiger partial charge is 0.223 e. The molecule has 0 aliphatic carbocycles. The summed E-state index contributed by atoms with van der Waals surface area (Å²) in [7, 11) is 1.77. The number of nitrogens with zero attached hydrogens (tertiary/aromatic N) is 3. The Balaban J connectivity index is 1.83. The monoisotopic (exact) mass is 291 g/mol. The molecule has 1 unspecified atom stereocenters. The summed E-state index contributed by atoms with van der Waals surface area (Å²) in [4.78, 5) is 17.5. The summed E-state index contributed by atoms with van der Waals surface area (Å²) in [6.07, 6.45) is 2.03. The molecule has 2 heterocycles. The normalized spacial score (nSPS) is 18.4. The van der Waals surface area contributed by atoms with E-state index in [0.29, 0.717) is 25.4 Å². The molecule has 108 valence electrons. The molecule has 0 N–H and O–H groups in total. The van der Waals surface area contributed by atoms with Gasteiger partial charge in [0.15, 0.2) is 0 Å². The number of hydrogen-bond donors (Lipinski definition) is 0. The van der Waals surface area contributed by atoms with Crippen molar-refractivity contribution in [2.24, 2.45) is 0 Å². The van der Waals surface area contributed by atoms with E-state index in [1.165, 1.54) is 10.4 Å². The fourth-order valence-electron chi connectivity index (χ4n) is 2.64. The molecular weight excluding hydrogens is 270 g/mol. The van der Waals surface area contributed by atoms with Crippen molar-refractivity contribution in [3.05, 3.63) is 21.9 Å². The summed E-state index contributed by atoms with van der Waals surface area (Å²) in [5.41, 5.74) is 1.42. The number of hydrogen-bond acceptors (Lipinski definition) is 4. The quantitative estimate of drug-likeness (QED) is 0.837. The molecule has 20 heavy (non-hydrogen) atoms. The van der Waals surface area contributed by atoms with Crippen molar-refractivity contribution < 1.29 is 4.79 Å². The average Bonchev–Trinajstić information content (AvgIpc) is 2.93. The minimum Gasteiger partial charge on any atom is -0.345 e. The van der Waals surface area contributed by atoms with Gasteiger partial charge in [0.2, 0.25) is 5.91 Å². The highest BCUT2D eigenvalue weighted by molar-refractivity contribution is 7.10. The Morgan fingerprint density at radius 3 is 3.20 bits per heavy atom. The predicted molar refractivity (Wildman–Crippen MR) is 80.5 cm³/mol. The lowest BCUT2D eigenvalue weighted by molar-refractivity contribution is -0.130. The SMILES string of the molecule is CC1c2ccsc2CCN1CCC(=O)N(C)CCC#N. The van der Waals surface area contributed by atoms with Crippen LogP contribution in [0.25, 0.3) is 0 Å². The fourth-order valence-corrected chi connectivity index (χ4v) is 3.60. The maximum Gasteiger partial charge on any atom is 0.223 e. The van der Waals surface area contributed by atoms with Gasteiger partial charge < -0.3 is 4.90 Å². The highest BCUT2D eigenvalue weighted by Crippen LogP contribution is 2.32. The lowest BCUT2D eigenvalue weighted by Crippen LogP contribution is -2.37. The maximum atomic E-state index is 12.0. The van der Waals surface area contributed by atoms with Gasteiger partial charge in [0.25, 0.3) is 0 Å². The summed E-state index contributed by atoms with van der Waals surface area (Å²) in [6, 6.07) is 4.68. The molecule has 1 amide bonds. The molecule has 2 rings (SSSR count). The number of nitriles is 1. The molecule has 5 heteroatoms. The summed E-state index contributed by atoms with van der Waals surface area (Å²) in [6.45, 7) is 4.57. The molecular formula is C15H21N3OS. The van der Waals surface area contributed by atoms with Gasteiger partial charge in [-0.25, -0.2) is 0 Å². The van der Waals surface area contributed by atoms with E-state index < -0.39 is 0 Å². The summed E-state index contributed by atoms with van der Waals surface area (Å²) < 4.78 is 0. The van der Waals surface area contributed by atoms with Crippen molar-refractivity contribution in [2.45, 2.75) is 32.2 Å². The van der Waals surface area contributed by atoms with Gasteiger partial charge in [-0.1, -0.05) is 0 Å². The van der Waals surface area contributed by atoms with Crippen molar-refractivity contribution in [2.75, 3.05) is 26.7 Å². The Hall–Kier alpha value is -1.38. The Morgan fingerprint density at radius 1 is 1.65 bits per heavy atom. The molecule has 1 aromatic heterocycles. The molecule has 1 atom stereocenters. The van der Waals surface area contributed by atoms with Crippen molar-refractivity contribution in [1.82, 2.24) is 9.80 Å². The van der Waals surface area contributed by atoms with Crippen molar-refractivity contribution in [1.29, 1.82) is 5.26 Å². The molecule has 1 aliphatic heterocycles. The van der Waals surface area contributed by atoms with Crippen LogP contribution in [0.5, 0.6) is 0 Å². The third-order valence-electron chi connectivity index (χ3n) is 4.00. The van der Waals surface area contributed by atoms with Crippen LogP contribution in [0.1, 0.15) is 36.2 Å². The predicted octanol–water partition coefficient (Wildman–Crippen LogP) is 2.43. The van der Waals surface area contributed by atoms with E-state index in [-0.39, 0.29) is 5.91 Å². The summed E-state index contributed by atoms with van der Waals surface area (Å²) >= 11 is 1.84. The van der Waals surface area contributed by atoms with Crippen LogP contribution in [-0.4, -0.2) is 42.4 Å².